The zero-order valence-electron chi connectivity index (χ0n) is 16.7. The topological polar surface area (TPSA) is 98.5 Å². The van der Waals surface area contributed by atoms with E-state index in [4.69, 9.17) is 16.0 Å². The molecule has 5 rings (SSSR count). The van der Waals surface area contributed by atoms with Crippen LogP contribution in [-0.4, -0.2) is 36.4 Å². The lowest BCUT2D eigenvalue weighted by atomic mass is 10.0. The van der Waals surface area contributed by atoms with E-state index < -0.39 is 17.6 Å². The molecule has 0 unspecified atom stereocenters. The minimum atomic E-state index is -0.514. The Morgan fingerprint density at radius 3 is 2.53 bits per heavy atom. The number of hydrogen-bond acceptors (Lipinski definition) is 6. The first-order chi connectivity index (χ1) is 15.6. The predicted molar refractivity (Wildman–Crippen MR) is 117 cm³/mol. The molecule has 0 bridgehead atoms. The molecule has 10 heteroatoms. The van der Waals surface area contributed by atoms with Gasteiger partial charge in [-0.3, -0.25) is 4.79 Å². The molecule has 32 heavy (non-hydrogen) atoms. The van der Waals surface area contributed by atoms with Gasteiger partial charge in [-0.05, 0) is 52.4 Å². The summed E-state index contributed by atoms with van der Waals surface area (Å²) in [5.41, 5.74) is 1.62. The van der Waals surface area contributed by atoms with E-state index >= 15 is 0 Å². The molecule has 0 saturated carbocycles. The van der Waals surface area contributed by atoms with Crippen molar-refractivity contribution >= 4 is 23.2 Å². The number of halogens is 1. The highest BCUT2D eigenvalue weighted by atomic mass is 35.5. The molecule has 2 aromatic heterocycles. The summed E-state index contributed by atoms with van der Waals surface area (Å²) in [4.78, 5) is 25.9. The van der Waals surface area contributed by atoms with Crippen molar-refractivity contribution in [3.63, 3.8) is 0 Å². The normalized spacial score (nSPS) is 15.7. The van der Waals surface area contributed by atoms with Gasteiger partial charge in [0.15, 0.2) is 0 Å². The zero-order chi connectivity index (χ0) is 22.1. The highest BCUT2D eigenvalue weighted by Gasteiger charge is 2.35. The van der Waals surface area contributed by atoms with Gasteiger partial charge in [0.25, 0.3) is 5.91 Å². The van der Waals surface area contributed by atoms with E-state index in [2.05, 4.69) is 15.5 Å². The summed E-state index contributed by atoms with van der Waals surface area (Å²) in [5.74, 6) is 0.198. The summed E-state index contributed by atoms with van der Waals surface area (Å²) in [6.07, 6.45) is 2.01. The van der Waals surface area contributed by atoms with Crippen LogP contribution in [0.25, 0.3) is 5.69 Å². The van der Waals surface area contributed by atoms with Gasteiger partial charge in [-0.25, -0.2) is 9.80 Å². The summed E-state index contributed by atoms with van der Waals surface area (Å²) < 4.78 is 7.71. The molecule has 0 fully saturated rings. The maximum atomic E-state index is 13.2. The Hall–Kier alpha value is -3.98. The predicted octanol–water partition coefficient (Wildman–Crippen LogP) is 3.05. The molecule has 4 aromatic rings. The second-order valence-electron chi connectivity index (χ2n) is 7.19. The van der Waals surface area contributed by atoms with E-state index in [9.17, 15) is 9.59 Å². The molecule has 0 radical (unpaired) electrons. The van der Waals surface area contributed by atoms with Crippen molar-refractivity contribution in [2.45, 2.75) is 19.0 Å². The van der Waals surface area contributed by atoms with Gasteiger partial charge in [0.1, 0.15) is 18.3 Å². The summed E-state index contributed by atoms with van der Waals surface area (Å²) in [6, 6.07) is 19.3. The second kappa shape index (κ2) is 8.27. The van der Waals surface area contributed by atoms with Gasteiger partial charge in [0.05, 0.1) is 17.7 Å². The summed E-state index contributed by atoms with van der Waals surface area (Å²) in [6.45, 7) is -0.305. The fraction of sp³-hybridized carbons (Fsp3) is 0.136. The van der Waals surface area contributed by atoms with Crippen molar-refractivity contribution in [3.8, 4) is 5.69 Å². The van der Waals surface area contributed by atoms with E-state index in [-0.39, 0.29) is 6.54 Å². The Kier molecular flexibility index (Phi) is 5.16. The van der Waals surface area contributed by atoms with Crippen LogP contribution in [0.5, 0.6) is 0 Å². The summed E-state index contributed by atoms with van der Waals surface area (Å²) >= 11 is 5.99. The average molecular weight is 449 g/mol. The number of aromatic nitrogens is 4. The molecule has 3 heterocycles. The monoisotopic (exact) mass is 448 g/mol. The van der Waals surface area contributed by atoms with Crippen molar-refractivity contribution in [2.24, 2.45) is 5.10 Å². The fourth-order valence-corrected chi connectivity index (χ4v) is 3.69. The number of hydrazone groups is 1. The van der Waals surface area contributed by atoms with Crippen molar-refractivity contribution in [2.75, 3.05) is 0 Å². The van der Waals surface area contributed by atoms with Crippen LogP contribution >= 0.6 is 11.6 Å². The van der Waals surface area contributed by atoms with Gasteiger partial charge in [0.2, 0.25) is 0 Å². The van der Waals surface area contributed by atoms with Gasteiger partial charge < -0.3 is 4.42 Å². The molecule has 1 atom stereocenters. The third-order valence-electron chi connectivity index (χ3n) is 5.14. The largest absolute Gasteiger partial charge is 0.467 e. The van der Waals surface area contributed by atoms with Crippen LogP contribution in [0, 0.1) is 0 Å². The third kappa shape index (κ3) is 3.74. The van der Waals surface area contributed by atoms with Crippen molar-refractivity contribution in [1.29, 1.82) is 0 Å². The third-order valence-corrected chi connectivity index (χ3v) is 5.39. The molecule has 1 aliphatic heterocycles. The van der Waals surface area contributed by atoms with Crippen LogP contribution in [-0.2, 0) is 11.3 Å². The van der Waals surface area contributed by atoms with Crippen LogP contribution < -0.4 is 5.69 Å². The highest BCUT2D eigenvalue weighted by molar-refractivity contribution is 6.30. The SMILES string of the molecule is O=C(Cn1nnn(-c2ccccc2)c1=O)N1N=C(c2ccc(Cl)cc2)C[C@H]1c1ccco1. The average Bonchev–Trinajstić information content (AvgIpc) is 3.55. The molecular formula is C22H17ClN6O3. The number of tetrazole rings is 1. The minimum absolute atomic E-state index is 0.305. The lowest BCUT2D eigenvalue weighted by Gasteiger charge is -2.19. The van der Waals surface area contributed by atoms with Crippen molar-refractivity contribution in [3.05, 3.63) is 99.8 Å². The number of carbonyl (C=O) groups excluding carboxylic acids is 1. The molecule has 160 valence electrons. The standard InChI is InChI=1S/C22H17ClN6O3/c23-16-10-8-15(9-11-16)18-13-19(20-7-4-12-32-20)29(24-18)21(30)14-27-22(31)28(26-25-27)17-5-2-1-3-6-17/h1-12,19H,13-14H2/t19-/m0/s1. The molecule has 1 aliphatic rings. The number of benzene rings is 2. The lowest BCUT2D eigenvalue weighted by Crippen LogP contribution is -2.34. The molecular weight excluding hydrogens is 432 g/mol. The number of carbonyl (C=O) groups is 1. The lowest BCUT2D eigenvalue weighted by molar-refractivity contribution is -0.134. The van der Waals surface area contributed by atoms with E-state index in [0.29, 0.717) is 22.9 Å². The number of furan rings is 1. The minimum Gasteiger partial charge on any atom is -0.467 e. The first-order valence-electron chi connectivity index (χ1n) is 9.87. The first-order valence-corrected chi connectivity index (χ1v) is 10.2. The molecule has 0 N–H and O–H groups in total. The Morgan fingerprint density at radius 1 is 1.03 bits per heavy atom. The number of para-hydroxylation sites is 1. The van der Waals surface area contributed by atoms with Gasteiger partial charge in [-0.2, -0.15) is 14.5 Å². The summed E-state index contributed by atoms with van der Waals surface area (Å²) in [7, 11) is 0. The highest BCUT2D eigenvalue weighted by Crippen LogP contribution is 2.33. The van der Waals surface area contributed by atoms with Gasteiger partial charge in [-0.15, -0.1) is 0 Å². The van der Waals surface area contributed by atoms with Crippen LogP contribution in [0.2, 0.25) is 5.02 Å². The Labute approximate surface area is 187 Å². The quantitative estimate of drug-likeness (QED) is 0.467. The van der Waals surface area contributed by atoms with Crippen molar-refractivity contribution < 1.29 is 9.21 Å². The smallest absolute Gasteiger partial charge is 0.368 e. The number of amides is 1. The van der Waals surface area contributed by atoms with E-state index in [1.807, 2.05) is 18.2 Å². The molecule has 2 aromatic carbocycles. The summed E-state index contributed by atoms with van der Waals surface area (Å²) in [5, 5.41) is 14.2. The van der Waals surface area contributed by atoms with Gasteiger partial charge in [-0.1, -0.05) is 41.9 Å². The zero-order valence-corrected chi connectivity index (χ0v) is 17.5. The molecule has 9 nitrogen and oxygen atoms in total. The number of rotatable bonds is 5. The van der Waals surface area contributed by atoms with Crippen LogP contribution in [0.1, 0.15) is 23.8 Å². The fourth-order valence-electron chi connectivity index (χ4n) is 3.56. The number of nitrogens with zero attached hydrogens (tertiary/aromatic N) is 6. The second-order valence-corrected chi connectivity index (χ2v) is 7.63. The van der Waals surface area contributed by atoms with E-state index in [1.54, 1.807) is 54.8 Å². The Balaban J connectivity index is 1.43. The molecule has 0 saturated heterocycles. The van der Waals surface area contributed by atoms with Crippen molar-refractivity contribution in [1.82, 2.24) is 24.8 Å². The van der Waals surface area contributed by atoms with Crippen LogP contribution in [0.3, 0.4) is 0 Å². The maximum Gasteiger partial charge on any atom is 0.368 e. The molecule has 0 aliphatic carbocycles. The van der Waals surface area contributed by atoms with Gasteiger partial charge in [0, 0.05) is 11.4 Å². The van der Waals surface area contributed by atoms with Gasteiger partial charge >= 0.3 is 5.69 Å². The van der Waals surface area contributed by atoms with E-state index in [0.717, 1.165) is 20.6 Å². The first kappa shape index (κ1) is 20.0. The van der Waals surface area contributed by atoms with E-state index in [1.165, 1.54) is 5.01 Å². The number of hydrogen-bond donors (Lipinski definition) is 0. The molecule has 1 amide bonds. The Bertz CT molecular complexity index is 1330. The molecule has 0 spiro atoms. The Morgan fingerprint density at radius 2 is 1.81 bits per heavy atom. The van der Waals surface area contributed by atoms with Crippen LogP contribution in [0.4, 0.5) is 0 Å². The maximum absolute atomic E-state index is 13.2. The van der Waals surface area contributed by atoms with Crippen LogP contribution in [0.15, 0.2) is 87.3 Å².